The van der Waals surface area contributed by atoms with E-state index >= 15 is 0 Å². The zero-order chi connectivity index (χ0) is 15.8. The fourth-order valence-electron chi connectivity index (χ4n) is 2.54. The van der Waals surface area contributed by atoms with E-state index in [2.05, 4.69) is 32.3 Å². The van der Waals surface area contributed by atoms with E-state index in [1.54, 1.807) is 6.07 Å². The fraction of sp³-hybridized carbons (Fsp3) is 0.471. The number of hydrogen-bond donors (Lipinski definition) is 1. The first-order valence-corrected chi connectivity index (χ1v) is 7.38. The van der Waals surface area contributed by atoms with Gasteiger partial charge in [-0.05, 0) is 31.0 Å². The molecule has 0 unspecified atom stereocenters. The topological polar surface area (TPSA) is 43.8 Å². The van der Waals surface area contributed by atoms with Crippen molar-refractivity contribution in [1.29, 1.82) is 0 Å². The lowest BCUT2D eigenvalue weighted by Crippen LogP contribution is -2.19. The second kappa shape index (κ2) is 5.51. The molecule has 4 heteroatoms. The third-order valence-electron chi connectivity index (χ3n) is 3.58. The Balaban J connectivity index is 2.68. The summed E-state index contributed by atoms with van der Waals surface area (Å²) in [5, 5.41) is 0. The lowest BCUT2D eigenvalue weighted by molar-refractivity contribution is 0.498. The molecule has 0 radical (unpaired) electrons. The number of halogens is 1. The van der Waals surface area contributed by atoms with E-state index < -0.39 is 0 Å². The number of hydrogen-bond acceptors (Lipinski definition) is 2. The average Bonchev–Trinajstić information content (AvgIpc) is 2.71. The Morgan fingerprint density at radius 1 is 1.29 bits per heavy atom. The molecule has 0 spiro atoms. The van der Waals surface area contributed by atoms with Crippen molar-refractivity contribution in [2.75, 3.05) is 5.73 Å². The smallest absolute Gasteiger partial charge is 0.131 e. The first-order chi connectivity index (χ1) is 9.75. The molecule has 0 aliphatic carbocycles. The molecular weight excluding hydrogens is 265 g/mol. The summed E-state index contributed by atoms with van der Waals surface area (Å²) in [5.74, 6) is 1.30. The van der Waals surface area contributed by atoms with E-state index in [9.17, 15) is 4.39 Å². The second-order valence-corrected chi connectivity index (χ2v) is 6.53. The van der Waals surface area contributed by atoms with E-state index in [1.165, 1.54) is 12.1 Å². The van der Waals surface area contributed by atoms with Gasteiger partial charge < -0.3 is 10.3 Å². The molecule has 2 N–H and O–H groups in total. The van der Waals surface area contributed by atoms with Crippen LogP contribution in [0.15, 0.2) is 18.2 Å². The number of aromatic nitrogens is 2. The molecular formula is C17H24FN3. The molecule has 0 atom stereocenters. The molecule has 1 aromatic heterocycles. The van der Waals surface area contributed by atoms with Crippen LogP contribution in [-0.2, 0) is 12.0 Å². The predicted molar refractivity (Wildman–Crippen MR) is 85.8 cm³/mol. The Hall–Kier alpha value is -1.84. The Bertz CT molecular complexity index is 651. The van der Waals surface area contributed by atoms with Gasteiger partial charge in [-0.25, -0.2) is 9.37 Å². The number of rotatable bonds is 3. The van der Waals surface area contributed by atoms with E-state index in [0.29, 0.717) is 11.5 Å². The zero-order valence-electron chi connectivity index (χ0n) is 13.5. The van der Waals surface area contributed by atoms with Crippen LogP contribution in [-0.4, -0.2) is 9.55 Å². The van der Waals surface area contributed by atoms with Gasteiger partial charge in [0, 0.05) is 17.5 Å². The van der Waals surface area contributed by atoms with Crippen LogP contribution in [0.3, 0.4) is 0 Å². The van der Waals surface area contributed by atoms with E-state index in [-0.39, 0.29) is 11.2 Å². The first kappa shape index (κ1) is 15.5. The largest absolute Gasteiger partial charge is 0.383 e. The summed E-state index contributed by atoms with van der Waals surface area (Å²) >= 11 is 0. The molecule has 0 aliphatic rings. The van der Waals surface area contributed by atoms with Crippen molar-refractivity contribution in [3.05, 3.63) is 35.4 Å². The van der Waals surface area contributed by atoms with Crippen LogP contribution < -0.4 is 5.73 Å². The SMILES string of the molecule is CCCn1c(C(C)(C)C)nc(-c2cc(F)ccc2C)c1N. The van der Waals surface area contributed by atoms with Crippen LogP contribution in [0.5, 0.6) is 0 Å². The van der Waals surface area contributed by atoms with E-state index in [4.69, 9.17) is 10.7 Å². The highest BCUT2D eigenvalue weighted by Gasteiger charge is 2.25. The van der Waals surface area contributed by atoms with Gasteiger partial charge in [-0.3, -0.25) is 0 Å². The minimum Gasteiger partial charge on any atom is -0.383 e. The average molecular weight is 289 g/mol. The Morgan fingerprint density at radius 2 is 1.95 bits per heavy atom. The van der Waals surface area contributed by atoms with Crippen molar-refractivity contribution < 1.29 is 4.39 Å². The Labute approximate surface area is 126 Å². The number of nitrogens with two attached hydrogens (primary N) is 1. The standard InChI is InChI=1S/C17H24FN3/c1-6-9-21-15(19)14(20-16(21)17(3,4)5)13-10-12(18)8-7-11(13)2/h7-8,10H,6,9,19H2,1-5H3. The van der Waals surface area contributed by atoms with Gasteiger partial charge in [0.25, 0.3) is 0 Å². The molecule has 3 nitrogen and oxygen atoms in total. The van der Waals surface area contributed by atoms with Crippen LogP contribution in [0.1, 0.15) is 45.5 Å². The number of nitrogen functional groups attached to an aromatic ring is 1. The molecule has 0 bridgehead atoms. The summed E-state index contributed by atoms with van der Waals surface area (Å²) < 4.78 is 15.6. The molecule has 114 valence electrons. The predicted octanol–water partition coefficient (Wildman–Crippen LogP) is 4.29. The maximum atomic E-state index is 13.6. The summed E-state index contributed by atoms with van der Waals surface area (Å²) in [6.45, 7) is 11.2. The third-order valence-corrected chi connectivity index (χ3v) is 3.58. The van der Waals surface area contributed by atoms with Crippen molar-refractivity contribution in [2.45, 2.75) is 53.0 Å². The van der Waals surface area contributed by atoms with Crippen LogP contribution in [0.25, 0.3) is 11.3 Å². The molecule has 1 aromatic carbocycles. The fourth-order valence-corrected chi connectivity index (χ4v) is 2.54. The number of imidazole rings is 1. The maximum absolute atomic E-state index is 13.6. The monoisotopic (exact) mass is 289 g/mol. The quantitative estimate of drug-likeness (QED) is 0.916. The molecule has 2 aromatic rings. The highest BCUT2D eigenvalue weighted by molar-refractivity contribution is 5.74. The number of anilines is 1. The molecule has 0 amide bonds. The molecule has 1 heterocycles. The van der Waals surface area contributed by atoms with Gasteiger partial charge in [0.1, 0.15) is 23.2 Å². The number of nitrogens with zero attached hydrogens (tertiary/aromatic N) is 2. The highest BCUT2D eigenvalue weighted by atomic mass is 19.1. The summed E-state index contributed by atoms with van der Waals surface area (Å²) in [7, 11) is 0. The van der Waals surface area contributed by atoms with Gasteiger partial charge in [-0.2, -0.15) is 0 Å². The lowest BCUT2D eigenvalue weighted by atomic mass is 9.95. The van der Waals surface area contributed by atoms with E-state index in [1.807, 2.05) is 6.92 Å². The first-order valence-electron chi connectivity index (χ1n) is 7.38. The highest BCUT2D eigenvalue weighted by Crippen LogP contribution is 2.33. The second-order valence-electron chi connectivity index (χ2n) is 6.53. The normalized spacial score (nSPS) is 11.9. The van der Waals surface area contributed by atoms with Gasteiger partial charge in [0.15, 0.2) is 0 Å². The van der Waals surface area contributed by atoms with Crippen molar-refractivity contribution in [3.63, 3.8) is 0 Å². The molecule has 2 rings (SSSR count). The minimum atomic E-state index is -0.266. The van der Waals surface area contributed by atoms with Gasteiger partial charge in [0.2, 0.25) is 0 Å². The Kier molecular flexibility index (Phi) is 4.08. The molecule has 21 heavy (non-hydrogen) atoms. The zero-order valence-corrected chi connectivity index (χ0v) is 13.5. The number of benzene rings is 1. The van der Waals surface area contributed by atoms with Crippen LogP contribution in [0.2, 0.25) is 0 Å². The van der Waals surface area contributed by atoms with Crippen molar-refractivity contribution in [2.24, 2.45) is 0 Å². The minimum absolute atomic E-state index is 0.108. The summed E-state index contributed by atoms with van der Waals surface area (Å²) in [6.07, 6.45) is 0.977. The Morgan fingerprint density at radius 3 is 2.52 bits per heavy atom. The van der Waals surface area contributed by atoms with Crippen molar-refractivity contribution in [3.8, 4) is 11.3 Å². The van der Waals surface area contributed by atoms with Crippen LogP contribution in [0.4, 0.5) is 10.2 Å². The maximum Gasteiger partial charge on any atom is 0.131 e. The van der Waals surface area contributed by atoms with Crippen molar-refractivity contribution >= 4 is 5.82 Å². The number of aryl methyl sites for hydroxylation is 1. The molecule has 0 saturated heterocycles. The van der Waals surface area contributed by atoms with Crippen LogP contribution in [0, 0.1) is 12.7 Å². The van der Waals surface area contributed by atoms with Gasteiger partial charge in [-0.1, -0.05) is 33.8 Å². The molecule has 0 aliphatic heterocycles. The lowest BCUT2D eigenvalue weighted by Gasteiger charge is -2.19. The molecule has 0 fully saturated rings. The van der Waals surface area contributed by atoms with Gasteiger partial charge in [-0.15, -0.1) is 0 Å². The summed E-state index contributed by atoms with van der Waals surface area (Å²) in [4.78, 5) is 4.74. The van der Waals surface area contributed by atoms with Crippen molar-refractivity contribution in [1.82, 2.24) is 9.55 Å². The van der Waals surface area contributed by atoms with Gasteiger partial charge in [0.05, 0.1) is 0 Å². The molecule has 0 saturated carbocycles. The van der Waals surface area contributed by atoms with E-state index in [0.717, 1.165) is 29.9 Å². The summed E-state index contributed by atoms with van der Waals surface area (Å²) in [5.41, 5.74) is 8.64. The van der Waals surface area contributed by atoms with Gasteiger partial charge >= 0.3 is 0 Å². The summed E-state index contributed by atoms with van der Waals surface area (Å²) in [6, 6.07) is 4.74. The van der Waals surface area contributed by atoms with Crippen LogP contribution >= 0.6 is 0 Å². The third kappa shape index (κ3) is 2.94.